The summed E-state index contributed by atoms with van der Waals surface area (Å²) in [6, 6.07) is 1.38. The van der Waals surface area contributed by atoms with Crippen molar-refractivity contribution in [2.45, 2.75) is 51.2 Å². The van der Waals surface area contributed by atoms with E-state index in [4.69, 9.17) is 7.80 Å². The van der Waals surface area contributed by atoms with E-state index in [1.165, 1.54) is 12.8 Å². The molecule has 2 bridgehead atoms. The average molecular weight is 353 g/mol. The number of fused-ring (bicyclic) bond motifs is 2. The molecule has 4 atom stereocenters. The lowest BCUT2D eigenvalue weighted by Gasteiger charge is -2.37. The van der Waals surface area contributed by atoms with Crippen LogP contribution in [-0.4, -0.2) is 42.8 Å². The zero-order chi connectivity index (χ0) is 12.6. The molecule has 2 fully saturated rings. The first-order chi connectivity index (χ1) is 8.00. The monoisotopic (exact) mass is 353 g/mol. The van der Waals surface area contributed by atoms with E-state index in [2.05, 4.69) is 25.7 Å². The third-order valence-corrected chi connectivity index (χ3v) is 4.76. The Kier molecular flexibility index (Phi) is 4.38. The summed E-state index contributed by atoms with van der Waals surface area (Å²) in [5.74, 6) is 1.29. The molecule has 17 heavy (non-hydrogen) atoms. The fourth-order valence-corrected chi connectivity index (χ4v) is 4.42. The number of nitrogens with zero attached hydrogens (tertiary/aromatic N) is 1. The van der Waals surface area contributed by atoms with Crippen LogP contribution >= 0.6 is 23.0 Å². The minimum atomic E-state index is 0.262. The normalized spacial score (nSPS) is 37.9. The van der Waals surface area contributed by atoms with Crippen molar-refractivity contribution in [3.8, 4) is 0 Å². The van der Waals surface area contributed by atoms with Gasteiger partial charge in [-0.15, -0.1) is 0 Å². The summed E-state index contributed by atoms with van der Waals surface area (Å²) < 4.78 is 10.8. The Labute approximate surface area is 119 Å². The lowest BCUT2D eigenvalue weighted by molar-refractivity contribution is 0.0826. The van der Waals surface area contributed by atoms with Gasteiger partial charge >= 0.3 is 0 Å². The summed E-state index contributed by atoms with van der Waals surface area (Å²) in [7, 11) is 1.81. The second-order valence-corrected chi connectivity index (χ2v) is 6.97. The Bertz CT molecular complexity index is 247. The summed E-state index contributed by atoms with van der Waals surface area (Å²) >= 11 is 2.03. The van der Waals surface area contributed by atoms with Crippen molar-refractivity contribution < 1.29 is 7.80 Å². The van der Waals surface area contributed by atoms with Gasteiger partial charge in [-0.2, -0.15) is 0 Å². The maximum absolute atomic E-state index is 5.43. The van der Waals surface area contributed by atoms with Crippen LogP contribution in [0.5, 0.6) is 0 Å². The first kappa shape index (κ1) is 14.0. The molecule has 0 aliphatic carbocycles. The Balaban J connectivity index is 2.18. The van der Waals surface area contributed by atoms with Gasteiger partial charge in [0.25, 0.3) is 0 Å². The van der Waals surface area contributed by atoms with Crippen LogP contribution in [0.2, 0.25) is 0 Å². The van der Waals surface area contributed by atoms with Gasteiger partial charge in [-0.05, 0) is 33.6 Å². The van der Waals surface area contributed by atoms with Gasteiger partial charge < -0.3 is 7.80 Å². The van der Waals surface area contributed by atoms with Gasteiger partial charge in [-0.25, -0.2) is 0 Å². The van der Waals surface area contributed by atoms with Crippen LogP contribution in [0.25, 0.3) is 0 Å². The Morgan fingerprint density at radius 2 is 1.65 bits per heavy atom. The largest absolute Gasteiger partial charge is 0.384 e. The second kappa shape index (κ2) is 5.31. The topological polar surface area (TPSA) is 21.7 Å². The molecular weight excluding hydrogens is 329 g/mol. The Hall–Kier alpha value is 0.610. The van der Waals surface area contributed by atoms with Crippen LogP contribution in [0.3, 0.4) is 0 Å². The fraction of sp³-hybridized carbons (Fsp3) is 1.00. The zero-order valence-electron chi connectivity index (χ0n) is 11.3. The molecule has 4 heteroatoms. The Morgan fingerprint density at radius 3 is 2.06 bits per heavy atom. The minimum absolute atomic E-state index is 0.262. The number of rotatable bonds is 4. The van der Waals surface area contributed by atoms with Crippen molar-refractivity contribution in [2.24, 2.45) is 11.8 Å². The number of hydrogen-bond donors (Lipinski definition) is 0. The van der Waals surface area contributed by atoms with E-state index in [1.54, 1.807) is 0 Å². The molecule has 2 aliphatic heterocycles. The van der Waals surface area contributed by atoms with Gasteiger partial charge in [0, 0.05) is 36.6 Å². The SMILES string of the molecule is COCC1C(COI)C2CCC1N2C(C)(C)C. The molecule has 0 aromatic heterocycles. The van der Waals surface area contributed by atoms with Crippen molar-refractivity contribution in [2.75, 3.05) is 20.3 Å². The lowest BCUT2D eigenvalue weighted by Crippen LogP contribution is -2.46. The summed E-state index contributed by atoms with van der Waals surface area (Å²) in [5, 5.41) is 0. The standard InChI is InChI=1S/C13H24INO2/c1-13(2,3)15-11-5-6-12(15)10(8-17-14)9(11)7-16-4/h9-12H,5-8H2,1-4H3. The van der Waals surface area contributed by atoms with Crippen molar-refractivity contribution in [1.29, 1.82) is 0 Å². The second-order valence-electron chi connectivity index (χ2n) is 6.35. The van der Waals surface area contributed by atoms with Crippen molar-refractivity contribution in [1.82, 2.24) is 4.90 Å². The zero-order valence-corrected chi connectivity index (χ0v) is 13.4. The molecule has 3 nitrogen and oxygen atoms in total. The molecule has 0 radical (unpaired) electrons. The minimum Gasteiger partial charge on any atom is -0.384 e. The van der Waals surface area contributed by atoms with E-state index in [0.717, 1.165) is 13.2 Å². The molecule has 0 N–H and O–H groups in total. The number of methoxy groups -OCH3 is 1. The van der Waals surface area contributed by atoms with Crippen LogP contribution in [-0.2, 0) is 7.80 Å². The molecule has 0 amide bonds. The molecule has 100 valence electrons. The average Bonchev–Trinajstić information content (AvgIpc) is 2.76. The highest BCUT2D eigenvalue weighted by Crippen LogP contribution is 2.49. The summed E-state index contributed by atoms with van der Waals surface area (Å²) in [4.78, 5) is 2.72. The van der Waals surface area contributed by atoms with Crippen molar-refractivity contribution in [3.05, 3.63) is 0 Å². The van der Waals surface area contributed by atoms with Crippen LogP contribution in [0, 0.1) is 11.8 Å². The molecule has 4 unspecified atom stereocenters. The van der Waals surface area contributed by atoms with E-state index in [-0.39, 0.29) is 5.54 Å². The highest BCUT2D eigenvalue weighted by molar-refractivity contribution is 14.1. The van der Waals surface area contributed by atoms with E-state index >= 15 is 0 Å². The molecule has 2 rings (SSSR count). The molecule has 2 heterocycles. The number of hydrogen-bond acceptors (Lipinski definition) is 3. The predicted octanol–water partition coefficient (Wildman–Crippen LogP) is 2.88. The maximum Gasteiger partial charge on any atom is 0.109 e. The molecule has 0 aromatic rings. The predicted molar refractivity (Wildman–Crippen MR) is 77.2 cm³/mol. The quantitative estimate of drug-likeness (QED) is 0.726. The number of halogens is 1. The number of ether oxygens (including phenoxy) is 1. The summed E-state index contributed by atoms with van der Waals surface area (Å²) in [6.45, 7) is 8.72. The molecule has 0 saturated carbocycles. The fourth-order valence-electron chi connectivity index (χ4n) is 4.01. The van der Waals surface area contributed by atoms with E-state index in [1.807, 2.05) is 30.1 Å². The molecule has 0 spiro atoms. The van der Waals surface area contributed by atoms with Crippen LogP contribution in [0.15, 0.2) is 0 Å². The van der Waals surface area contributed by atoms with Gasteiger partial charge in [0.05, 0.1) is 13.2 Å². The van der Waals surface area contributed by atoms with Crippen molar-refractivity contribution >= 4 is 23.0 Å². The third kappa shape index (κ3) is 2.51. The first-order valence-corrected chi connectivity index (χ1v) is 7.39. The smallest absolute Gasteiger partial charge is 0.109 e. The summed E-state index contributed by atoms with van der Waals surface area (Å²) in [6.07, 6.45) is 2.65. The Morgan fingerprint density at radius 1 is 1.12 bits per heavy atom. The van der Waals surface area contributed by atoms with Crippen LogP contribution < -0.4 is 0 Å². The van der Waals surface area contributed by atoms with E-state index in [0.29, 0.717) is 23.9 Å². The van der Waals surface area contributed by atoms with Crippen LogP contribution in [0.4, 0.5) is 0 Å². The highest BCUT2D eigenvalue weighted by Gasteiger charge is 2.55. The van der Waals surface area contributed by atoms with Gasteiger partial charge in [0.15, 0.2) is 0 Å². The van der Waals surface area contributed by atoms with Crippen LogP contribution in [0.1, 0.15) is 33.6 Å². The maximum atomic E-state index is 5.43. The summed E-state index contributed by atoms with van der Waals surface area (Å²) in [5.41, 5.74) is 0.262. The lowest BCUT2D eigenvalue weighted by atomic mass is 9.80. The molecule has 2 saturated heterocycles. The van der Waals surface area contributed by atoms with Gasteiger partial charge in [0.2, 0.25) is 0 Å². The van der Waals surface area contributed by atoms with E-state index < -0.39 is 0 Å². The van der Waals surface area contributed by atoms with Gasteiger partial charge in [-0.1, -0.05) is 0 Å². The van der Waals surface area contributed by atoms with Gasteiger partial charge in [-0.3, -0.25) is 4.90 Å². The highest BCUT2D eigenvalue weighted by atomic mass is 127. The third-order valence-electron chi connectivity index (χ3n) is 4.40. The van der Waals surface area contributed by atoms with E-state index in [9.17, 15) is 0 Å². The van der Waals surface area contributed by atoms with Gasteiger partial charge in [0.1, 0.15) is 23.0 Å². The first-order valence-electron chi connectivity index (χ1n) is 6.51. The van der Waals surface area contributed by atoms with Crippen molar-refractivity contribution in [3.63, 3.8) is 0 Å². The molecule has 0 aromatic carbocycles. The molecule has 2 aliphatic rings. The molecular formula is C13H24INO2.